The van der Waals surface area contributed by atoms with E-state index in [-0.39, 0.29) is 12.4 Å². The molecule has 1 aromatic rings. The smallest absolute Gasteiger partial charge is 0.156 e. The predicted molar refractivity (Wildman–Crippen MR) is 62.7 cm³/mol. The van der Waals surface area contributed by atoms with Gasteiger partial charge in [-0.2, -0.15) is 0 Å². The standard InChI is InChI=1S/C11H14BrNO2/c1-15-7-10(13)11(14)6-8-2-4-9(12)5-3-8/h2-5,10H,6-7,13H2,1H3. The maximum Gasteiger partial charge on any atom is 0.156 e. The summed E-state index contributed by atoms with van der Waals surface area (Å²) in [5.74, 6) is -0.000766. The van der Waals surface area contributed by atoms with Crippen molar-refractivity contribution in [1.29, 1.82) is 0 Å². The fraction of sp³-hybridized carbons (Fsp3) is 0.364. The van der Waals surface area contributed by atoms with Gasteiger partial charge < -0.3 is 10.5 Å². The zero-order valence-electron chi connectivity index (χ0n) is 8.57. The molecule has 0 fully saturated rings. The average Bonchev–Trinajstić information content (AvgIpc) is 2.22. The van der Waals surface area contributed by atoms with Gasteiger partial charge >= 0.3 is 0 Å². The highest BCUT2D eigenvalue weighted by Gasteiger charge is 2.13. The number of ether oxygens (including phenoxy) is 1. The number of benzene rings is 1. The molecule has 0 aliphatic carbocycles. The molecule has 4 heteroatoms. The molecule has 3 nitrogen and oxygen atoms in total. The van der Waals surface area contributed by atoms with E-state index in [1.54, 1.807) is 0 Å². The Balaban J connectivity index is 2.54. The van der Waals surface area contributed by atoms with Crippen LogP contribution in [0.3, 0.4) is 0 Å². The van der Waals surface area contributed by atoms with E-state index in [0.29, 0.717) is 6.42 Å². The molecule has 15 heavy (non-hydrogen) atoms. The van der Waals surface area contributed by atoms with E-state index in [1.165, 1.54) is 7.11 Å². The molecule has 0 radical (unpaired) electrons. The van der Waals surface area contributed by atoms with Crippen LogP contribution in [0.1, 0.15) is 5.56 Å². The van der Waals surface area contributed by atoms with Gasteiger partial charge in [0.25, 0.3) is 0 Å². The van der Waals surface area contributed by atoms with Crippen molar-refractivity contribution in [3.63, 3.8) is 0 Å². The van der Waals surface area contributed by atoms with E-state index in [0.717, 1.165) is 10.0 Å². The Morgan fingerprint density at radius 1 is 1.47 bits per heavy atom. The molecule has 0 aliphatic heterocycles. The summed E-state index contributed by atoms with van der Waals surface area (Å²) in [7, 11) is 1.53. The molecule has 0 amide bonds. The number of ketones is 1. The second-order valence-corrected chi connectivity index (χ2v) is 4.25. The van der Waals surface area contributed by atoms with Gasteiger partial charge in [-0.15, -0.1) is 0 Å². The van der Waals surface area contributed by atoms with Crippen LogP contribution in [-0.2, 0) is 16.0 Å². The van der Waals surface area contributed by atoms with Crippen LogP contribution in [0.25, 0.3) is 0 Å². The fourth-order valence-corrected chi connectivity index (χ4v) is 1.47. The first kappa shape index (κ1) is 12.4. The van der Waals surface area contributed by atoms with E-state index in [1.807, 2.05) is 24.3 Å². The molecule has 1 aromatic carbocycles. The predicted octanol–water partition coefficient (Wildman–Crippen LogP) is 1.53. The highest BCUT2D eigenvalue weighted by atomic mass is 79.9. The largest absolute Gasteiger partial charge is 0.383 e. The van der Waals surface area contributed by atoms with Crippen molar-refractivity contribution in [2.45, 2.75) is 12.5 Å². The maximum absolute atomic E-state index is 11.6. The zero-order valence-corrected chi connectivity index (χ0v) is 10.2. The number of carbonyl (C=O) groups excluding carboxylic acids is 1. The third-order valence-corrected chi connectivity index (χ3v) is 2.58. The van der Waals surface area contributed by atoms with Crippen molar-refractivity contribution in [3.8, 4) is 0 Å². The third kappa shape index (κ3) is 4.11. The number of carbonyl (C=O) groups is 1. The lowest BCUT2D eigenvalue weighted by molar-refractivity contribution is -0.120. The van der Waals surface area contributed by atoms with Crippen LogP contribution in [0, 0.1) is 0 Å². The van der Waals surface area contributed by atoms with Crippen LogP contribution in [0.2, 0.25) is 0 Å². The summed E-state index contributed by atoms with van der Waals surface area (Å²) in [6.07, 6.45) is 0.359. The highest BCUT2D eigenvalue weighted by Crippen LogP contribution is 2.11. The number of nitrogens with two attached hydrogens (primary N) is 1. The summed E-state index contributed by atoms with van der Waals surface area (Å²) in [5, 5.41) is 0. The Morgan fingerprint density at radius 3 is 2.60 bits per heavy atom. The Kier molecular flexibility index (Phi) is 4.94. The van der Waals surface area contributed by atoms with Gasteiger partial charge in [0.05, 0.1) is 12.6 Å². The normalized spacial score (nSPS) is 12.5. The van der Waals surface area contributed by atoms with E-state index < -0.39 is 6.04 Å². The van der Waals surface area contributed by atoms with Gasteiger partial charge in [-0.05, 0) is 17.7 Å². The van der Waals surface area contributed by atoms with Gasteiger partial charge in [0.2, 0.25) is 0 Å². The van der Waals surface area contributed by atoms with Crippen molar-refractivity contribution in [2.24, 2.45) is 5.73 Å². The maximum atomic E-state index is 11.6. The number of hydrogen-bond donors (Lipinski definition) is 1. The van der Waals surface area contributed by atoms with E-state index >= 15 is 0 Å². The second kappa shape index (κ2) is 6.00. The molecule has 1 rings (SSSR count). The first-order chi connectivity index (χ1) is 7.13. The monoisotopic (exact) mass is 271 g/mol. The van der Waals surface area contributed by atoms with Gasteiger partial charge in [0.15, 0.2) is 5.78 Å². The summed E-state index contributed by atoms with van der Waals surface area (Å²) in [6.45, 7) is 0.273. The van der Waals surface area contributed by atoms with Crippen LogP contribution in [0.15, 0.2) is 28.7 Å². The quantitative estimate of drug-likeness (QED) is 0.884. The lowest BCUT2D eigenvalue weighted by Crippen LogP contribution is -2.35. The average molecular weight is 272 g/mol. The highest BCUT2D eigenvalue weighted by molar-refractivity contribution is 9.10. The Labute approximate surface area is 97.7 Å². The van der Waals surface area contributed by atoms with E-state index in [4.69, 9.17) is 10.5 Å². The Hall–Kier alpha value is -0.710. The van der Waals surface area contributed by atoms with Crippen LogP contribution in [-0.4, -0.2) is 25.5 Å². The summed E-state index contributed by atoms with van der Waals surface area (Å²) >= 11 is 3.34. The number of rotatable bonds is 5. The first-order valence-corrected chi connectivity index (χ1v) is 5.44. The van der Waals surface area contributed by atoms with Gasteiger partial charge in [-0.3, -0.25) is 4.79 Å². The number of halogens is 1. The van der Waals surface area contributed by atoms with Gasteiger partial charge in [0.1, 0.15) is 0 Å². The second-order valence-electron chi connectivity index (χ2n) is 3.33. The van der Waals surface area contributed by atoms with Gasteiger partial charge in [0, 0.05) is 18.0 Å². The van der Waals surface area contributed by atoms with Crippen LogP contribution in [0.5, 0.6) is 0 Å². The molecule has 2 N–H and O–H groups in total. The van der Waals surface area contributed by atoms with E-state index in [2.05, 4.69) is 15.9 Å². The van der Waals surface area contributed by atoms with Crippen molar-refractivity contribution >= 4 is 21.7 Å². The van der Waals surface area contributed by atoms with Crippen LogP contribution < -0.4 is 5.73 Å². The molecule has 0 saturated carbocycles. The molecule has 0 aliphatic rings. The molecular formula is C11H14BrNO2. The first-order valence-electron chi connectivity index (χ1n) is 4.65. The number of methoxy groups -OCH3 is 1. The number of hydrogen-bond acceptors (Lipinski definition) is 3. The SMILES string of the molecule is COCC(N)C(=O)Cc1ccc(Br)cc1. The Bertz CT molecular complexity index is 324. The minimum absolute atomic E-state index is 0.000766. The van der Waals surface area contributed by atoms with Crippen molar-refractivity contribution in [3.05, 3.63) is 34.3 Å². The molecule has 0 heterocycles. The minimum Gasteiger partial charge on any atom is -0.383 e. The molecular weight excluding hydrogens is 258 g/mol. The van der Waals surface area contributed by atoms with Gasteiger partial charge in [-0.1, -0.05) is 28.1 Å². The summed E-state index contributed by atoms with van der Waals surface area (Å²) in [5.41, 5.74) is 6.59. The summed E-state index contributed by atoms with van der Waals surface area (Å²) in [6, 6.07) is 7.09. The Morgan fingerprint density at radius 2 is 2.07 bits per heavy atom. The van der Waals surface area contributed by atoms with Crippen LogP contribution in [0.4, 0.5) is 0 Å². The van der Waals surface area contributed by atoms with Crippen molar-refractivity contribution in [2.75, 3.05) is 13.7 Å². The molecule has 1 unspecified atom stereocenters. The molecule has 82 valence electrons. The van der Waals surface area contributed by atoms with Crippen molar-refractivity contribution < 1.29 is 9.53 Å². The lowest BCUT2D eigenvalue weighted by atomic mass is 10.1. The molecule has 0 bridgehead atoms. The minimum atomic E-state index is -0.529. The van der Waals surface area contributed by atoms with Gasteiger partial charge in [-0.25, -0.2) is 0 Å². The topological polar surface area (TPSA) is 52.3 Å². The molecule has 0 spiro atoms. The third-order valence-electron chi connectivity index (χ3n) is 2.05. The fourth-order valence-electron chi connectivity index (χ4n) is 1.21. The molecule has 1 atom stereocenters. The summed E-state index contributed by atoms with van der Waals surface area (Å²) < 4.78 is 5.83. The lowest BCUT2D eigenvalue weighted by Gasteiger charge is -2.08. The van der Waals surface area contributed by atoms with Crippen molar-refractivity contribution in [1.82, 2.24) is 0 Å². The number of Topliss-reactive ketones (excluding diaryl/α,β-unsaturated/α-hetero) is 1. The molecule has 0 saturated heterocycles. The zero-order chi connectivity index (χ0) is 11.3. The summed E-state index contributed by atoms with van der Waals surface area (Å²) in [4.78, 5) is 11.6. The van der Waals surface area contributed by atoms with E-state index in [9.17, 15) is 4.79 Å². The van der Waals surface area contributed by atoms with Crippen LogP contribution >= 0.6 is 15.9 Å². The molecule has 0 aromatic heterocycles.